The lowest BCUT2D eigenvalue weighted by atomic mass is 9.94. The van der Waals surface area contributed by atoms with E-state index in [-0.39, 0.29) is 5.69 Å². The number of halogens is 3. The second-order valence-corrected chi connectivity index (χ2v) is 16.4. The van der Waals surface area contributed by atoms with Gasteiger partial charge in [0.1, 0.15) is 0 Å². The fourth-order valence-corrected chi connectivity index (χ4v) is 9.45. The number of benzene rings is 9. The van der Waals surface area contributed by atoms with Gasteiger partial charge in [-0.05, 0) is 106 Å². The molecule has 0 bridgehead atoms. The summed E-state index contributed by atoms with van der Waals surface area (Å²) in [5.74, 6) is 0. The van der Waals surface area contributed by atoms with Crippen molar-refractivity contribution in [1.82, 2.24) is 9.13 Å². The van der Waals surface area contributed by atoms with Crippen LogP contribution in [0.3, 0.4) is 0 Å². The average Bonchev–Trinajstić information content (AvgIpc) is 3.90. The van der Waals surface area contributed by atoms with Crippen LogP contribution >= 0.6 is 0 Å². The largest absolute Gasteiger partial charge is 0.415 e. The van der Waals surface area contributed by atoms with Crippen molar-refractivity contribution in [2.45, 2.75) is 6.18 Å². The van der Waals surface area contributed by atoms with Crippen molar-refractivity contribution >= 4 is 60.7 Å². The van der Waals surface area contributed by atoms with Gasteiger partial charge in [-0.2, -0.15) is 18.4 Å². The van der Waals surface area contributed by atoms with Crippen LogP contribution in [0.1, 0.15) is 11.1 Å². The van der Waals surface area contributed by atoms with Crippen LogP contribution in [0, 0.1) is 31.0 Å². The summed E-state index contributed by atoms with van der Waals surface area (Å²) in [6.45, 7) is 23.6. The van der Waals surface area contributed by atoms with Crippen LogP contribution in [0.4, 0.5) is 30.2 Å². The SMILES string of the molecule is [C-]#[N+]c1ccc(-c2ccc3c(c2)c2ccccc2n3-c2ccc(-c3ccc(C(F)(F)F)cc3[N+]#[C-])cc2-c2ccc([N+]#[C-])cc2-n2c3ccccc3c3cc(-c4ccc(C#N)cc4)ccc32)cc1. The van der Waals surface area contributed by atoms with Crippen molar-refractivity contribution in [1.29, 1.82) is 5.26 Å². The molecule has 0 spiro atoms. The predicted octanol–water partition coefficient (Wildman–Crippen LogP) is 17.1. The van der Waals surface area contributed by atoms with Crippen LogP contribution < -0.4 is 0 Å². The highest BCUT2D eigenvalue weighted by molar-refractivity contribution is 6.13. The number of hydrogen-bond donors (Lipinski definition) is 0. The Morgan fingerprint density at radius 1 is 0.412 bits per heavy atom. The number of aromatic nitrogens is 2. The third-order valence-electron chi connectivity index (χ3n) is 12.7. The second kappa shape index (κ2) is 16.1. The van der Waals surface area contributed by atoms with Crippen LogP contribution in [0.25, 0.3) is 114 Å². The Balaban J connectivity index is 1.20. The van der Waals surface area contributed by atoms with Gasteiger partial charge in [0.25, 0.3) is 0 Å². The minimum absolute atomic E-state index is 0.128. The topological polar surface area (TPSA) is 46.7 Å². The highest BCUT2D eigenvalue weighted by atomic mass is 19.4. The highest BCUT2D eigenvalue weighted by Gasteiger charge is 2.31. The number of fused-ring (bicyclic) bond motifs is 6. The monoisotopic (exact) mass is 880 g/mol. The quantitative estimate of drug-likeness (QED) is 0.154. The lowest BCUT2D eigenvalue weighted by molar-refractivity contribution is -0.137. The number of rotatable bonds is 6. The zero-order chi connectivity index (χ0) is 46.7. The Morgan fingerprint density at radius 3 is 1.50 bits per heavy atom. The van der Waals surface area contributed by atoms with Gasteiger partial charge in [-0.25, -0.2) is 14.5 Å². The molecule has 0 aliphatic heterocycles. The fraction of sp³-hybridized carbons (Fsp3) is 0.0169. The molecule has 2 heterocycles. The lowest BCUT2D eigenvalue weighted by Crippen LogP contribution is -2.04. The second-order valence-electron chi connectivity index (χ2n) is 16.4. The van der Waals surface area contributed by atoms with Crippen molar-refractivity contribution in [3.05, 3.63) is 233 Å². The molecule has 0 radical (unpaired) electrons. The van der Waals surface area contributed by atoms with Gasteiger partial charge in [0, 0.05) is 43.9 Å². The van der Waals surface area contributed by atoms with Gasteiger partial charge < -0.3 is 9.13 Å². The first-order valence-corrected chi connectivity index (χ1v) is 21.5. The average molecular weight is 881 g/mol. The molecule has 6 nitrogen and oxygen atoms in total. The minimum Gasteiger partial charge on any atom is -0.310 e. The summed E-state index contributed by atoms with van der Waals surface area (Å²) < 4.78 is 46.3. The van der Waals surface area contributed by atoms with Crippen LogP contribution in [0.15, 0.2) is 188 Å². The number of nitrogens with zero attached hydrogens (tertiary/aromatic N) is 6. The molecule has 68 heavy (non-hydrogen) atoms. The molecule has 0 saturated heterocycles. The fourth-order valence-electron chi connectivity index (χ4n) is 9.45. The molecule has 0 atom stereocenters. The van der Waals surface area contributed by atoms with E-state index in [0.29, 0.717) is 39.3 Å². The Hall–Kier alpha value is -9.67. The molecule has 318 valence electrons. The van der Waals surface area contributed by atoms with E-state index in [2.05, 4.69) is 78.3 Å². The van der Waals surface area contributed by atoms with E-state index in [1.54, 1.807) is 18.2 Å². The van der Waals surface area contributed by atoms with Crippen LogP contribution in [-0.4, -0.2) is 9.13 Å². The predicted molar refractivity (Wildman–Crippen MR) is 265 cm³/mol. The van der Waals surface area contributed by atoms with Gasteiger partial charge in [-0.1, -0.05) is 115 Å². The molecule has 11 aromatic rings. The number of nitriles is 1. The lowest BCUT2D eigenvalue weighted by Gasteiger charge is -2.20. The molecule has 0 aliphatic rings. The highest BCUT2D eigenvalue weighted by Crippen LogP contribution is 2.46. The first-order valence-electron chi connectivity index (χ1n) is 21.5. The van der Waals surface area contributed by atoms with E-state index in [9.17, 15) is 18.4 Å². The van der Waals surface area contributed by atoms with Gasteiger partial charge in [-0.3, -0.25) is 0 Å². The molecule has 0 fully saturated rings. The molecule has 2 aromatic heterocycles. The van der Waals surface area contributed by atoms with E-state index in [4.69, 9.17) is 19.7 Å². The van der Waals surface area contributed by atoms with E-state index < -0.39 is 11.7 Å². The Bertz CT molecular complexity index is 4050. The summed E-state index contributed by atoms with van der Waals surface area (Å²) in [4.78, 5) is 11.0. The maximum absolute atomic E-state index is 14.0. The van der Waals surface area contributed by atoms with Crippen molar-refractivity contribution in [2.24, 2.45) is 0 Å². The van der Waals surface area contributed by atoms with E-state index in [1.165, 1.54) is 6.07 Å². The van der Waals surface area contributed by atoms with Gasteiger partial charge in [-0.15, -0.1) is 0 Å². The molecule has 0 saturated carbocycles. The third-order valence-corrected chi connectivity index (χ3v) is 12.7. The van der Waals surface area contributed by atoms with Crippen molar-refractivity contribution in [3.63, 3.8) is 0 Å². The van der Waals surface area contributed by atoms with Gasteiger partial charge in [0.2, 0.25) is 0 Å². The maximum atomic E-state index is 14.0. The smallest absolute Gasteiger partial charge is 0.310 e. The molecule has 0 amide bonds. The Morgan fingerprint density at radius 2 is 0.926 bits per heavy atom. The summed E-state index contributed by atoms with van der Waals surface area (Å²) in [5, 5.41) is 13.4. The molecule has 0 unspecified atom stereocenters. The Kier molecular flexibility index (Phi) is 9.72. The summed E-state index contributed by atoms with van der Waals surface area (Å²) in [7, 11) is 0. The molecule has 9 heteroatoms. The van der Waals surface area contributed by atoms with Gasteiger partial charge in [0.05, 0.1) is 59.1 Å². The maximum Gasteiger partial charge on any atom is 0.415 e. The first kappa shape index (κ1) is 41.1. The van der Waals surface area contributed by atoms with Crippen molar-refractivity contribution < 1.29 is 13.2 Å². The molecular formula is C59H31F3N6. The molecule has 0 aliphatic carbocycles. The summed E-state index contributed by atoms with van der Waals surface area (Å²) in [6, 6.07) is 60.5. The van der Waals surface area contributed by atoms with E-state index in [0.717, 1.165) is 89.2 Å². The number of alkyl halides is 3. The Labute approximate surface area is 388 Å². The normalized spacial score (nSPS) is 11.4. The summed E-state index contributed by atoms with van der Waals surface area (Å²) in [6.07, 6.45) is -4.63. The van der Waals surface area contributed by atoms with Crippen molar-refractivity contribution in [2.75, 3.05) is 0 Å². The van der Waals surface area contributed by atoms with E-state index >= 15 is 0 Å². The summed E-state index contributed by atoms with van der Waals surface area (Å²) >= 11 is 0. The molecule has 9 aromatic carbocycles. The van der Waals surface area contributed by atoms with Gasteiger partial charge >= 0.3 is 6.18 Å². The minimum atomic E-state index is -4.63. The standard InChI is InChI=1S/C59H31F3N6/c1-64-43-22-16-38(17-23-43)40-18-27-55-49(31-40)46-8-4-6-10-53(46)67(55)56-29-20-41(45-25-21-42(59(60,61)62)33-52(45)66-3)32-51(56)48-26-24-44(65-2)34-58(48)68-54-11-7-5-9-47(54)50-30-39(19-28-57(50)68)37-14-12-36(35-63)13-15-37/h4-34H. The number of para-hydroxylation sites is 2. The first-order chi connectivity index (χ1) is 33.1. The van der Waals surface area contributed by atoms with Gasteiger partial charge in [0.15, 0.2) is 17.1 Å². The molecule has 11 rings (SSSR count). The van der Waals surface area contributed by atoms with Crippen LogP contribution in [-0.2, 0) is 6.18 Å². The molecular weight excluding hydrogens is 850 g/mol. The van der Waals surface area contributed by atoms with Crippen molar-refractivity contribution in [3.8, 4) is 62.0 Å². The molecule has 0 N–H and O–H groups in total. The van der Waals surface area contributed by atoms with Crippen LogP contribution in [0.5, 0.6) is 0 Å². The summed E-state index contributed by atoms with van der Waals surface area (Å²) in [5.41, 5.74) is 11.8. The third kappa shape index (κ3) is 6.79. The number of hydrogen-bond acceptors (Lipinski definition) is 1. The van der Waals surface area contributed by atoms with Crippen LogP contribution in [0.2, 0.25) is 0 Å². The van der Waals surface area contributed by atoms with E-state index in [1.807, 2.05) is 103 Å². The zero-order valence-electron chi connectivity index (χ0n) is 35.7. The zero-order valence-corrected chi connectivity index (χ0v) is 35.7.